The normalized spacial score (nSPS) is 9.78. The number of aromatic carboxylic acids is 1. The summed E-state index contributed by atoms with van der Waals surface area (Å²) in [5.74, 6) is -1.12. The third kappa shape index (κ3) is 2.67. The Bertz CT molecular complexity index is 567. The van der Waals surface area contributed by atoms with Crippen LogP contribution in [0.5, 0.6) is 0 Å². The van der Waals surface area contributed by atoms with E-state index in [2.05, 4.69) is 15.3 Å². The molecule has 6 heteroatoms. The number of hydrogen-bond donors (Lipinski definition) is 2. The highest BCUT2D eigenvalue weighted by Gasteiger charge is 2.07. The van der Waals surface area contributed by atoms with Crippen LogP contribution in [0.4, 0.5) is 5.82 Å². The van der Waals surface area contributed by atoms with Gasteiger partial charge >= 0.3 is 5.97 Å². The number of nitrogens with one attached hydrogen (secondary N) is 1. The standard InChI is InChI=1S/C12H9N3O3/c16-11(8-2-1-5-13-6-8)15-10-4-3-9(7-14-10)12(17)18/h1-7H,(H,17,18)(H,14,15,16). The fraction of sp³-hybridized carbons (Fsp3) is 0. The van der Waals surface area contributed by atoms with E-state index >= 15 is 0 Å². The summed E-state index contributed by atoms with van der Waals surface area (Å²) in [6.45, 7) is 0. The minimum Gasteiger partial charge on any atom is -0.478 e. The lowest BCUT2D eigenvalue weighted by atomic mass is 10.2. The van der Waals surface area contributed by atoms with Crippen molar-refractivity contribution in [1.82, 2.24) is 9.97 Å². The minimum atomic E-state index is -1.06. The Hall–Kier alpha value is -2.76. The summed E-state index contributed by atoms with van der Waals surface area (Å²) < 4.78 is 0. The second-order valence-corrected chi connectivity index (χ2v) is 3.43. The van der Waals surface area contributed by atoms with Crippen LogP contribution in [0.2, 0.25) is 0 Å². The van der Waals surface area contributed by atoms with Gasteiger partial charge in [0.25, 0.3) is 5.91 Å². The summed E-state index contributed by atoms with van der Waals surface area (Å²) in [5.41, 5.74) is 0.469. The fourth-order valence-corrected chi connectivity index (χ4v) is 1.28. The average molecular weight is 243 g/mol. The predicted octanol–water partition coefficient (Wildman–Crippen LogP) is 1.43. The number of nitrogens with zero attached hydrogens (tertiary/aromatic N) is 2. The van der Waals surface area contributed by atoms with Crippen LogP contribution >= 0.6 is 0 Å². The first-order chi connectivity index (χ1) is 8.66. The van der Waals surface area contributed by atoms with E-state index in [1.807, 2.05) is 0 Å². The summed E-state index contributed by atoms with van der Waals surface area (Å²) >= 11 is 0. The first-order valence-electron chi connectivity index (χ1n) is 5.07. The van der Waals surface area contributed by atoms with E-state index in [1.165, 1.54) is 24.5 Å². The van der Waals surface area contributed by atoms with E-state index in [1.54, 1.807) is 18.3 Å². The van der Waals surface area contributed by atoms with Crippen LogP contribution in [0, 0.1) is 0 Å². The van der Waals surface area contributed by atoms with Crippen molar-refractivity contribution in [1.29, 1.82) is 0 Å². The molecule has 2 aromatic rings. The smallest absolute Gasteiger partial charge is 0.337 e. The van der Waals surface area contributed by atoms with E-state index in [0.29, 0.717) is 5.56 Å². The Labute approximate surface area is 102 Å². The quantitative estimate of drug-likeness (QED) is 0.850. The van der Waals surface area contributed by atoms with Crippen LogP contribution in [-0.2, 0) is 0 Å². The zero-order valence-electron chi connectivity index (χ0n) is 9.20. The molecule has 0 fully saturated rings. The molecule has 0 atom stereocenters. The van der Waals surface area contributed by atoms with Crippen molar-refractivity contribution in [3.05, 3.63) is 54.0 Å². The number of pyridine rings is 2. The van der Waals surface area contributed by atoms with E-state index in [9.17, 15) is 9.59 Å². The molecule has 0 aromatic carbocycles. The molecular weight excluding hydrogens is 234 g/mol. The molecule has 0 unspecified atom stereocenters. The van der Waals surface area contributed by atoms with Gasteiger partial charge in [0.15, 0.2) is 0 Å². The highest BCUT2D eigenvalue weighted by molar-refractivity contribution is 6.03. The third-order valence-electron chi connectivity index (χ3n) is 2.18. The number of hydrogen-bond acceptors (Lipinski definition) is 4. The van der Waals surface area contributed by atoms with E-state index in [4.69, 9.17) is 5.11 Å². The molecule has 0 saturated carbocycles. The zero-order chi connectivity index (χ0) is 13.0. The number of carboxylic acids is 1. The lowest BCUT2D eigenvalue weighted by Gasteiger charge is -2.03. The zero-order valence-corrected chi connectivity index (χ0v) is 9.20. The molecule has 0 spiro atoms. The Kier molecular flexibility index (Phi) is 3.29. The maximum absolute atomic E-state index is 11.7. The molecule has 90 valence electrons. The number of aromatic nitrogens is 2. The van der Waals surface area contributed by atoms with Gasteiger partial charge in [0, 0.05) is 18.6 Å². The number of amides is 1. The Balaban J connectivity index is 2.10. The minimum absolute atomic E-state index is 0.0642. The average Bonchev–Trinajstić information content (AvgIpc) is 2.40. The lowest BCUT2D eigenvalue weighted by molar-refractivity contribution is 0.0696. The number of rotatable bonds is 3. The van der Waals surface area contributed by atoms with Crippen LogP contribution in [0.15, 0.2) is 42.9 Å². The van der Waals surface area contributed by atoms with Crippen LogP contribution < -0.4 is 5.32 Å². The third-order valence-corrected chi connectivity index (χ3v) is 2.18. The van der Waals surface area contributed by atoms with Crippen molar-refractivity contribution >= 4 is 17.7 Å². The summed E-state index contributed by atoms with van der Waals surface area (Å²) in [4.78, 5) is 30.0. The van der Waals surface area contributed by atoms with Crippen LogP contribution in [-0.4, -0.2) is 27.0 Å². The first-order valence-corrected chi connectivity index (χ1v) is 5.07. The molecule has 2 N–H and O–H groups in total. The molecule has 0 aliphatic heterocycles. The molecule has 1 amide bonds. The molecular formula is C12H9N3O3. The van der Waals surface area contributed by atoms with Crippen LogP contribution in [0.3, 0.4) is 0 Å². The number of carbonyl (C=O) groups is 2. The molecule has 2 rings (SSSR count). The summed E-state index contributed by atoms with van der Waals surface area (Å²) in [6.07, 6.45) is 4.18. The van der Waals surface area contributed by atoms with Crippen molar-refractivity contribution < 1.29 is 14.7 Å². The molecule has 0 saturated heterocycles. The van der Waals surface area contributed by atoms with Gasteiger partial charge in [-0.25, -0.2) is 9.78 Å². The number of carbonyl (C=O) groups excluding carboxylic acids is 1. The summed E-state index contributed by atoms with van der Waals surface area (Å²) in [5, 5.41) is 11.2. The Morgan fingerprint density at radius 3 is 2.50 bits per heavy atom. The second-order valence-electron chi connectivity index (χ2n) is 3.43. The summed E-state index contributed by atoms with van der Waals surface area (Å²) in [7, 11) is 0. The Morgan fingerprint density at radius 1 is 1.11 bits per heavy atom. The van der Waals surface area contributed by atoms with Crippen molar-refractivity contribution in [2.75, 3.05) is 5.32 Å². The fourth-order valence-electron chi connectivity index (χ4n) is 1.28. The van der Waals surface area contributed by atoms with Gasteiger partial charge in [0.1, 0.15) is 5.82 Å². The van der Waals surface area contributed by atoms with Crippen molar-refractivity contribution in [2.45, 2.75) is 0 Å². The van der Waals surface area contributed by atoms with E-state index < -0.39 is 5.97 Å². The SMILES string of the molecule is O=C(O)c1ccc(NC(=O)c2cccnc2)nc1. The van der Waals surface area contributed by atoms with Crippen molar-refractivity contribution in [2.24, 2.45) is 0 Å². The predicted molar refractivity (Wildman–Crippen MR) is 63.4 cm³/mol. The van der Waals surface area contributed by atoms with Crippen molar-refractivity contribution in [3.63, 3.8) is 0 Å². The van der Waals surface area contributed by atoms with Gasteiger partial charge in [-0.15, -0.1) is 0 Å². The first kappa shape index (κ1) is 11.7. The molecule has 0 aliphatic carbocycles. The molecule has 18 heavy (non-hydrogen) atoms. The lowest BCUT2D eigenvalue weighted by Crippen LogP contribution is -2.13. The topological polar surface area (TPSA) is 92.2 Å². The van der Waals surface area contributed by atoms with Crippen molar-refractivity contribution in [3.8, 4) is 0 Å². The second kappa shape index (κ2) is 5.05. The van der Waals surface area contributed by atoms with Gasteiger partial charge in [0.05, 0.1) is 11.1 Å². The van der Waals surface area contributed by atoms with Crippen LogP contribution in [0.1, 0.15) is 20.7 Å². The monoisotopic (exact) mass is 243 g/mol. The van der Waals surface area contributed by atoms with Crippen LogP contribution in [0.25, 0.3) is 0 Å². The largest absolute Gasteiger partial charge is 0.478 e. The molecule has 6 nitrogen and oxygen atoms in total. The van der Waals surface area contributed by atoms with E-state index in [-0.39, 0.29) is 17.3 Å². The van der Waals surface area contributed by atoms with Gasteiger partial charge in [0.2, 0.25) is 0 Å². The summed E-state index contributed by atoms with van der Waals surface area (Å²) in [6, 6.07) is 6.07. The van der Waals surface area contributed by atoms with Gasteiger partial charge in [-0.05, 0) is 24.3 Å². The van der Waals surface area contributed by atoms with Gasteiger partial charge in [-0.3, -0.25) is 9.78 Å². The maximum atomic E-state index is 11.7. The maximum Gasteiger partial charge on any atom is 0.337 e. The highest BCUT2D eigenvalue weighted by Crippen LogP contribution is 2.07. The van der Waals surface area contributed by atoms with Gasteiger partial charge < -0.3 is 10.4 Å². The number of carboxylic acid groups (broad SMARTS) is 1. The molecule has 0 radical (unpaired) electrons. The highest BCUT2D eigenvalue weighted by atomic mass is 16.4. The molecule has 0 bridgehead atoms. The number of anilines is 1. The van der Waals surface area contributed by atoms with Gasteiger partial charge in [-0.1, -0.05) is 0 Å². The Morgan fingerprint density at radius 2 is 1.94 bits per heavy atom. The van der Waals surface area contributed by atoms with Gasteiger partial charge in [-0.2, -0.15) is 0 Å². The van der Waals surface area contributed by atoms with E-state index in [0.717, 1.165) is 0 Å². The molecule has 2 heterocycles. The molecule has 0 aliphatic rings. The molecule has 2 aromatic heterocycles.